The Morgan fingerprint density at radius 1 is 0.250 bits per heavy atom. The van der Waals surface area contributed by atoms with Crippen molar-refractivity contribution in [2.24, 2.45) is 0 Å². The fraction of sp³-hybridized carbons (Fsp3) is 0.0714. The first-order valence-electron chi connectivity index (χ1n) is 16.0. The van der Waals surface area contributed by atoms with Gasteiger partial charge in [-0.1, -0.05) is 171 Å². The van der Waals surface area contributed by atoms with Crippen LogP contribution in [0.1, 0.15) is 0 Å². The Morgan fingerprint density at radius 2 is 0.417 bits per heavy atom. The van der Waals surface area contributed by atoms with Crippen molar-refractivity contribution in [1.29, 1.82) is 0 Å². The predicted octanol–water partition coefficient (Wildman–Crippen LogP) is 9.67. The van der Waals surface area contributed by atoms with Gasteiger partial charge in [0.1, 0.15) is 0 Å². The van der Waals surface area contributed by atoms with Crippen LogP contribution in [0.2, 0.25) is 0 Å². The molecule has 0 amide bonds. The van der Waals surface area contributed by atoms with E-state index in [2.05, 4.69) is 166 Å². The molecule has 0 saturated heterocycles. The molecule has 7 rings (SSSR count). The Balaban J connectivity index is 1.25. The average molecular weight is 676 g/mol. The van der Waals surface area contributed by atoms with Gasteiger partial charge in [-0.3, -0.25) is 0 Å². The second-order valence-corrected chi connectivity index (χ2v) is 14.8. The molecule has 3 unspecified atom stereocenters. The fourth-order valence-electron chi connectivity index (χ4n) is 5.69. The maximum atomic E-state index is 5.01. The number of benzene rings is 6. The molecule has 7 aromatic rings. The Kier molecular flexibility index (Phi) is 9.92. The summed E-state index contributed by atoms with van der Waals surface area (Å²) in [6.45, 7) is 6.63. The Morgan fingerprint density at radius 3 is 0.604 bits per heavy atom. The molecule has 0 radical (unpaired) electrons. The van der Waals surface area contributed by atoms with Crippen LogP contribution in [-0.4, -0.2) is 34.9 Å². The highest BCUT2D eigenvalue weighted by molar-refractivity contribution is 7.46. The van der Waals surface area contributed by atoms with E-state index < -0.39 is 0 Å². The maximum Gasteiger partial charge on any atom is 0.164 e. The number of nitrogens with zero attached hydrogens (tertiary/aromatic N) is 3. The molecule has 234 valence electrons. The lowest BCUT2D eigenvalue weighted by Crippen LogP contribution is -2.00. The Bertz CT molecular complexity index is 1860. The second-order valence-electron chi connectivity index (χ2n) is 11.5. The zero-order valence-electron chi connectivity index (χ0n) is 27.2. The second kappa shape index (κ2) is 14.8. The van der Waals surface area contributed by atoms with Gasteiger partial charge in [-0.15, -0.1) is 0 Å². The van der Waals surface area contributed by atoms with Crippen LogP contribution in [0.4, 0.5) is 0 Å². The minimum atomic E-state index is 0.657. The third-order valence-corrected chi connectivity index (χ3v) is 11.3. The van der Waals surface area contributed by atoms with E-state index in [0.717, 1.165) is 42.4 Å². The summed E-state index contributed by atoms with van der Waals surface area (Å²) in [5.41, 5.74) is 9.99. The molecule has 0 aliphatic carbocycles. The monoisotopic (exact) mass is 675 g/mol. The zero-order chi connectivity index (χ0) is 32.9. The summed E-state index contributed by atoms with van der Waals surface area (Å²) in [6, 6.07) is 52.1. The summed E-state index contributed by atoms with van der Waals surface area (Å²) in [6.07, 6.45) is 0. The van der Waals surface area contributed by atoms with Gasteiger partial charge in [-0.05, 0) is 69.3 Å². The lowest BCUT2D eigenvalue weighted by molar-refractivity contribution is 1.07. The summed E-state index contributed by atoms with van der Waals surface area (Å²) in [4.78, 5) is 15.0. The van der Waals surface area contributed by atoms with Crippen molar-refractivity contribution in [2.75, 3.05) is 20.0 Å². The van der Waals surface area contributed by atoms with Crippen LogP contribution in [0.15, 0.2) is 146 Å². The Labute approximate surface area is 288 Å². The van der Waals surface area contributed by atoms with E-state index >= 15 is 0 Å². The van der Waals surface area contributed by atoms with Gasteiger partial charge >= 0.3 is 0 Å². The highest BCUT2D eigenvalue weighted by Crippen LogP contribution is 2.30. The van der Waals surface area contributed by atoms with Gasteiger partial charge in [-0.25, -0.2) is 15.0 Å². The first-order valence-corrected chi connectivity index (χ1v) is 20.5. The van der Waals surface area contributed by atoms with Gasteiger partial charge in [0.25, 0.3) is 0 Å². The number of hydrogen-bond acceptors (Lipinski definition) is 3. The number of aromatic nitrogens is 3. The van der Waals surface area contributed by atoms with Gasteiger partial charge < -0.3 is 0 Å². The summed E-state index contributed by atoms with van der Waals surface area (Å²) in [7, 11) is 2.39. The smallest absolute Gasteiger partial charge is 0.164 e. The highest BCUT2D eigenvalue weighted by Gasteiger charge is 2.13. The molecule has 3 nitrogen and oxygen atoms in total. The minimum absolute atomic E-state index is 0.657. The van der Waals surface area contributed by atoms with Crippen molar-refractivity contribution < 1.29 is 0 Å². The predicted molar refractivity (Wildman–Crippen MR) is 214 cm³/mol. The van der Waals surface area contributed by atoms with E-state index in [-0.39, 0.29) is 0 Å². The summed E-state index contributed by atoms with van der Waals surface area (Å²) in [5.74, 6) is 1.97. The Hall–Kier alpha value is -4.38. The molecule has 0 aliphatic heterocycles. The lowest BCUT2D eigenvalue weighted by Gasteiger charge is -2.11. The zero-order valence-corrected chi connectivity index (χ0v) is 30.2. The van der Waals surface area contributed by atoms with Crippen molar-refractivity contribution in [3.8, 4) is 67.5 Å². The highest BCUT2D eigenvalue weighted by atomic mass is 31.1. The van der Waals surface area contributed by atoms with Crippen LogP contribution < -0.4 is 15.9 Å². The van der Waals surface area contributed by atoms with E-state index in [1.165, 1.54) is 49.3 Å². The van der Waals surface area contributed by atoms with Crippen LogP contribution >= 0.6 is 25.7 Å². The molecule has 0 spiro atoms. The fourth-order valence-corrected chi connectivity index (χ4v) is 7.19. The van der Waals surface area contributed by atoms with Crippen LogP contribution in [0.5, 0.6) is 0 Å². The van der Waals surface area contributed by atoms with Gasteiger partial charge in [-0.2, -0.15) is 0 Å². The van der Waals surface area contributed by atoms with Gasteiger partial charge in [0.05, 0.1) is 0 Å². The molecule has 0 bridgehead atoms. The van der Waals surface area contributed by atoms with Gasteiger partial charge in [0.2, 0.25) is 0 Å². The molecule has 0 saturated carbocycles. The van der Waals surface area contributed by atoms with Crippen molar-refractivity contribution in [2.45, 2.75) is 0 Å². The van der Waals surface area contributed by atoms with Crippen molar-refractivity contribution >= 4 is 41.7 Å². The molecule has 0 fully saturated rings. The molecule has 1 heterocycles. The third-order valence-electron chi connectivity index (χ3n) is 8.59. The van der Waals surface area contributed by atoms with Crippen molar-refractivity contribution in [1.82, 2.24) is 15.0 Å². The standard InChI is InChI=1S/C42H36N3P3/c1-46-37-22-16-31(17-23-37)28-4-10-34(11-5-28)40-43-41(35-12-6-29(7-13-35)32-18-24-38(47-2)25-19-32)45-42(44-40)36-14-8-30(9-15-36)33-20-26-39(48-3)27-21-33/h4-27,46-48H,1-3H3. The topological polar surface area (TPSA) is 38.7 Å². The summed E-state index contributed by atoms with van der Waals surface area (Å²) < 4.78 is 0. The molecule has 3 atom stereocenters. The molecule has 6 aromatic carbocycles. The molecular formula is C42H36N3P3. The SMILES string of the molecule is CPc1ccc(-c2ccc(-c3nc(-c4ccc(-c5ccc(PC)cc5)cc4)nc(-c4ccc(-c5ccc(PC)cc5)cc4)n3)cc2)cc1. The lowest BCUT2D eigenvalue weighted by atomic mass is 10.0. The van der Waals surface area contributed by atoms with Gasteiger partial charge in [0.15, 0.2) is 17.5 Å². The van der Waals surface area contributed by atoms with Crippen LogP contribution in [0.25, 0.3) is 67.5 Å². The number of hydrogen-bond donors (Lipinski definition) is 0. The van der Waals surface area contributed by atoms with Crippen LogP contribution in [0, 0.1) is 0 Å². The summed E-state index contributed by atoms with van der Waals surface area (Å²) in [5, 5.41) is 4.10. The molecule has 1 aromatic heterocycles. The molecule has 6 heteroatoms. The van der Waals surface area contributed by atoms with E-state index in [0.29, 0.717) is 17.5 Å². The molecular weight excluding hydrogens is 639 g/mol. The van der Waals surface area contributed by atoms with Crippen LogP contribution in [-0.2, 0) is 0 Å². The normalized spacial score (nSPS) is 11.8. The average Bonchev–Trinajstić information content (AvgIpc) is 3.18. The minimum Gasteiger partial charge on any atom is -0.208 e. The number of rotatable bonds is 9. The first kappa shape index (κ1) is 32.2. The third kappa shape index (κ3) is 7.21. The molecule has 48 heavy (non-hydrogen) atoms. The van der Waals surface area contributed by atoms with E-state index in [1.54, 1.807) is 0 Å². The molecule has 0 aliphatic rings. The van der Waals surface area contributed by atoms with E-state index in [4.69, 9.17) is 15.0 Å². The molecule has 0 N–H and O–H groups in total. The van der Waals surface area contributed by atoms with Crippen LogP contribution in [0.3, 0.4) is 0 Å². The van der Waals surface area contributed by atoms with E-state index in [9.17, 15) is 0 Å². The van der Waals surface area contributed by atoms with Crippen molar-refractivity contribution in [3.63, 3.8) is 0 Å². The van der Waals surface area contributed by atoms with E-state index in [1.807, 2.05) is 0 Å². The first-order chi connectivity index (χ1) is 23.6. The van der Waals surface area contributed by atoms with Gasteiger partial charge in [0, 0.05) is 16.7 Å². The largest absolute Gasteiger partial charge is 0.208 e. The van der Waals surface area contributed by atoms with Crippen molar-refractivity contribution in [3.05, 3.63) is 146 Å². The summed E-state index contributed by atoms with van der Waals surface area (Å²) >= 11 is 0. The quantitative estimate of drug-likeness (QED) is 0.143. The maximum absolute atomic E-state index is 5.01.